The number of nitrogens with zero attached hydrogens (tertiary/aromatic N) is 2. The van der Waals surface area contributed by atoms with E-state index in [9.17, 15) is 18.0 Å². The van der Waals surface area contributed by atoms with Crippen LogP contribution in [0.3, 0.4) is 0 Å². The largest absolute Gasteiger partial charge is 0.354 e. The van der Waals surface area contributed by atoms with E-state index >= 15 is 0 Å². The first-order chi connectivity index (χ1) is 16.0. The Hall–Kier alpha value is -2.29. The van der Waals surface area contributed by atoms with Gasteiger partial charge in [-0.3, -0.25) is 13.9 Å². The summed E-state index contributed by atoms with van der Waals surface area (Å²) in [5, 5.41) is 3.52. The molecule has 2 amide bonds. The van der Waals surface area contributed by atoms with Crippen LogP contribution in [0.25, 0.3) is 0 Å². The van der Waals surface area contributed by atoms with Crippen LogP contribution in [0.2, 0.25) is 10.0 Å². The van der Waals surface area contributed by atoms with Crippen molar-refractivity contribution in [3.63, 3.8) is 0 Å². The van der Waals surface area contributed by atoms with Crippen LogP contribution in [0.4, 0.5) is 5.69 Å². The Morgan fingerprint density at radius 2 is 1.65 bits per heavy atom. The first kappa shape index (κ1) is 28.0. The van der Waals surface area contributed by atoms with E-state index in [2.05, 4.69) is 5.32 Å². The molecule has 0 saturated heterocycles. The number of hydrogen-bond donors (Lipinski definition) is 1. The molecular formula is C24H31Cl2N3O4S. The van der Waals surface area contributed by atoms with Crippen molar-refractivity contribution in [2.75, 3.05) is 23.7 Å². The molecule has 34 heavy (non-hydrogen) atoms. The average Bonchev–Trinajstić information content (AvgIpc) is 2.77. The Morgan fingerprint density at radius 3 is 2.18 bits per heavy atom. The lowest BCUT2D eigenvalue weighted by Gasteiger charge is -2.32. The predicted octanol–water partition coefficient (Wildman–Crippen LogP) is 4.40. The number of nitrogens with one attached hydrogen (secondary N) is 1. The Morgan fingerprint density at radius 1 is 1.06 bits per heavy atom. The quantitative estimate of drug-likeness (QED) is 0.438. The molecule has 0 radical (unpaired) electrons. The van der Waals surface area contributed by atoms with E-state index in [1.165, 1.54) is 4.90 Å². The average molecular weight is 529 g/mol. The fourth-order valence-corrected chi connectivity index (χ4v) is 4.66. The van der Waals surface area contributed by atoms with E-state index in [0.29, 0.717) is 27.8 Å². The topological polar surface area (TPSA) is 86.8 Å². The van der Waals surface area contributed by atoms with Gasteiger partial charge in [-0.05, 0) is 44.5 Å². The van der Waals surface area contributed by atoms with Crippen LogP contribution in [0.1, 0.15) is 37.8 Å². The Balaban J connectivity index is 2.39. The Kier molecular flexibility index (Phi) is 10.2. The number of anilines is 1. The van der Waals surface area contributed by atoms with Crippen molar-refractivity contribution in [2.45, 2.75) is 46.2 Å². The van der Waals surface area contributed by atoms with Crippen molar-refractivity contribution in [3.8, 4) is 0 Å². The maximum Gasteiger partial charge on any atom is 0.244 e. The molecule has 0 spiro atoms. The molecule has 2 aromatic carbocycles. The molecular weight excluding hydrogens is 497 g/mol. The van der Waals surface area contributed by atoms with Crippen molar-refractivity contribution in [2.24, 2.45) is 0 Å². The number of halogens is 2. The van der Waals surface area contributed by atoms with Crippen LogP contribution in [-0.4, -0.2) is 50.5 Å². The summed E-state index contributed by atoms with van der Waals surface area (Å²) in [4.78, 5) is 27.6. The second-order valence-corrected chi connectivity index (χ2v) is 10.9. The SMILES string of the molecule is CCCCNC(=O)C(C)N(Cc1c(Cl)cccc1Cl)C(=O)CN(c1ccc(C)cc1)S(C)(=O)=O. The first-order valence-corrected chi connectivity index (χ1v) is 13.6. The van der Waals surface area contributed by atoms with Gasteiger partial charge in [0.1, 0.15) is 12.6 Å². The highest BCUT2D eigenvalue weighted by Crippen LogP contribution is 2.27. The van der Waals surface area contributed by atoms with Gasteiger partial charge in [-0.25, -0.2) is 8.42 Å². The highest BCUT2D eigenvalue weighted by atomic mass is 35.5. The zero-order valence-electron chi connectivity index (χ0n) is 19.8. The third-order valence-electron chi connectivity index (χ3n) is 5.39. The molecule has 0 fully saturated rings. The molecule has 0 aliphatic carbocycles. The molecule has 7 nitrogen and oxygen atoms in total. The van der Waals surface area contributed by atoms with Gasteiger partial charge in [0, 0.05) is 28.7 Å². The first-order valence-electron chi connectivity index (χ1n) is 11.0. The molecule has 186 valence electrons. The number of benzene rings is 2. The number of hydrogen-bond acceptors (Lipinski definition) is 4. The van der Waals surface area contributed by atoms with Crippen LogP contribution >= 0.6 is 23.2 Å². The van der Waals surface area contributed by atoms with Crippen LogP contribution in [0.15, 0.2) is 42.5 Å². The van der Waals surface area contributed by atoms with Crippen LogP contribution in [0, 0.1) is 6.92 Å². The normalized spacial score (nSPS) is 12.2. The van der Waals surface area contributed by atoms with Gasteiger partial charge in [-0.1, -0.05) is 60.3 Å². The molecule has 0 aliphatic heterocycles. The second kappa shape index (κ2) is 12.4. The summed E-state index contributed by atoms with van der Waals surface area (Å²) in [6.45, 7) is 5.44. The van der Waals surface area contributed by atoms with Gasteiger partial charge in [-0.15, -0.1) is 0 Å². The van der Waals surface area contributed by atoms with E-state index in [0.717, 1.165) is 29.0 Å². The zero-order chi connectivity index (χ0) is 25.5. The number of carbonyl (C=O) groups excluding carboxylic acids is 2. The van der Waals surface area contributed by atoms with Crippen molar-refractivity contribution in [3.05, 3.63) is 63.6 Å². The molecule has 0 aromatic heterocycles. The van der Waals surface area contributed by atoms with Crippen molar-refractivity contribution < 1.29 is 18.0 Å². The fraction of sp³-hybridized carbons (Fsp3) is 0.417. The number of unbranched alkanes of at least 4 members (excludes halogenated alkanes) is 1. The summed E-state index contributed by atoms with van der Waals surface area (Å²) in [6, 6.07) is 10.9. The van der Waals surface area contributed by atoms with Gasteiger partial charge in [0.25, 0.3) is 0 Å². The van der Waals surface area contributed by atoms with Gasteiger partial charge < -0.3 is 10.2 Å². The van der Waals surface area contributed by atoms with Gasteiger partial charge in [0.05, 0.1) is 11.9 Å². The summed E-state index contributed by atoms with van der Waals surface area (Å²) in [6.07, 6.45) is 2.75. The molecule has 0 saturated carbocycles. The van der Waals surface area contributed by atoms with Crippen LogP contribution in [-0.2, 0) is 26.2 Å². The molecule has 0 heterocycles. The zero-order valence-corrected chi connectivity index (χ0v) is 22.2. The lowest BCUT2D eigenvalue weighted by atomic mass is 10.1. The monoisotopic (exact) mass is 527 g/mol. The number of rotatable bonds is 11. The third kappa shape index (κ3) is 7.61. The molecule has 2 aromatic rings. The van der Waals surface area contributed by atoms with Crippen LogP contribution in [0.5, 0.6) is 0 Å². The Bertz CT molecular complexity index is 1090. The van der Waals surface area contributed by atoms with E-state index in [4.69, 9.17) is 23.2 Å². The molecule has 1 atom stereocenters. The van der Waals surface area contributed by atoms with Gasteiger partial charge >= 0.3 is 0 Å². The maximum atomic E-state index is 13.5. The summed E-state index contributed by atoms with van der Waals surface area (Å²) in [5.41, 5.74) is 1.79. The van der Waals surface area contributed by atoms with E-state index in [1.807, 2.05) is 13.8 Å². The van der Waals surface area contributed by atoms with Gasteiger partial charge in [-0.2, -0.15) is 0 Å². The Labute approximate surface area is 212 Å². The number of sulfonamides is 1. The summed E-state index contributed by atoms with van der Waals surface area (Å²) >= 11 is 12.6. The van der Waals surface area contributed by atoms with Crippen molar-refractivity contribution >= 4 is 50.7 Å². The molecule has 0 bridgehead atoms. The lowest BCUT2D eigenvalue weighted by molar-refractivity contribution is -0.139. The summed E-state index contributed by atoms with van der Waals surface area (Å²) < 4.78 is 26.1. The number of carbonyl (C=O) groups is 2. The maximum absolute atomic E-state index is 13.5. The smallest absolute Gasteiger partial charge is 0.244 e. The summed E-state index contributed by atoms with van der Waals surface area (Å²) in [7, 11) is -3.78. The minimum atomic E-state index is -3.78. The van der Waals surface area contributed by atoms with E-state index < -0.39 is 28.5 Å². The number of aryl methyl sites for hydroxylation is 1. The molecule has 2 rings (SSSR count). The standard InChI is InChI=1S/C24H31Cl2N3O4S/c1-5-6-14-27-24(31)18(3)28(15-20-21(25)8-7-9-22(20)26)23(30)16-29(34(4,32)33)19-12-10-17(2)11-13-19/h7-13,18H,5-6,14-16H2,1-4H3,(H,27,31). The fourth-order valence-electron chi connectivity index (χ4n) is 3.30. The third-order valence-corrected chi connectivity index (χ3v) is 7.24. The van der Waals surface area contributed by atoms with E-state index in [1.54, 1.807) is 49.4 Å². The summed E-state index contributed by atoms with van der Waals surface area (Å²) in [5.74, 6) is -0.897. The van der Waals surface area contributed by atoms with Gasteiger partial charge in [0.2, 0.25) is 21.8 Å². The van der Waals surface area contributed by atoms with E-state index in [-0.39, 0.29) is 12.5 Å². The van der Waals surface area contributed by atoms with Crippen molar-refractivity contribution in [1.82, 2.24) is 10.2 Å². The van der Waals surface area contributed by atoms with Gasteiger partial charge in [0.15, 0.2) is 0 Å². The van der Waals surface area contributed by atoms with Crippen molar-refractivity contribution in [1.29, 1.82) is 0 Å². The molecule has 0 aliphatic rings. The second-order valence-electron chi connectivity index (χ2n) is 8.15. The molecule has 1 unspecified atom stereocenters. The minimum absolute atomic E-state index is 0.0504. The minimum Gasteiger partial charge on any atom is -0.354 e. The highest BCUT2D eigenvalue weighted by molar-refractivity contribution is 7.92. The number of amides is 2. The molecule has 10 heteroatoms. The molecule has 1 N–H and O–H groups in total. The lowest BCUT2D eigenvalue weighted by Crippen LogP contribution is -2.51. The highest BCUT2D eigenvalue weighted by Gasteiger charge is 2.30. The van der Waals surface area contributed by atoms with Crippen LogP contribution < -0.4 is 9.62 Å². The predicted molar refractivity (Wildman–Crippen MR) is 138 cm³/mol.